The number of hydrogen-bond donors (Lipinski definition) is 2. The number of nitrogens with one attached hydrogen (secondary N) is 2. The van der Waals surface area contributed by atoms with E-state index in [-0.39, 0.29) is 13.2 Å². The van der Waals surface area contributed by atoms with E-state index in [4.69, 9.17) is 14.7 Å². The van der Waals surface area contributed by atoms with Crippen LogP contribution < -0.4 is 15.5 Å². The van der Waals surface area contributed by atoms with Gasteiger partial charge in [0.05, 0.1) is 18.8 Å². The van der Waals surface area contributed by atoms with E-state index in [1.807, 2.05) is 26.0 Å². The van der Waals surface area contributed by atoms with E-state index >= 15 is 0 Å². The Kier molecular flexibility index (Phi) is 7.17. The summed E-state index contributed by atoms with van der Waals surface area (Å²) in [6.45, 7) is 6.98. The number of pyridine rings is 1. The summed E-state index contributed by atoms with van der Waals surface area (Å²) in [7, 11) is 0. The van der Waals surface area contributed by atoms with Crippen LogP contribution in [0.3, 0.4) is 0 Å². The van der Waals surface area contributed by atoms with Gasteiger partial charge in [-0.1, -0.05) is 13.0 Å². The predicted octanol–water partition coefficient (Wildman–Crippen LogP) is 3.35. The number of halogens is 3. The molecule has 0 amide bonds. The fraction of sp³-hybridized carbons (Fsp3) is 0.545. The van der Waals surface area contributed by atoms with Crippen molar-refractivity contribution < 1.29 is 17.9 Å². The second-order valence-electron chi connectivity index (χ2n) is 8.40. The minimum atomic E-state index is -4.37. The SMILES string of the molecule is CC[C@H]1CN(c2nc(Nc3ccc(C)cn3)c3c(n2)c(C)nn3CCOCC(F)(F)F)CCN1. The van der Waals surface area contributed by atoms with Crippen molar-refractivity contribution in [3.63, 3.8) is 0 Å². The summed E-state index contributed by atoms with van der Waals surface area (Å²) in [5, 5.41) is 11.3. The molecule has 1 atom stereocenters. The highest BCUT2D eigenvalue weighted by Crippen LogP contribution is 2.29. The third-order valence-electron chi connectivity index (χ3n) is 5.65. The molecule has 0 spiro atoms. The van der Waals surface area contributed by atoms with Crippen LogP contribution in [0.1, 0.15) is 24.6 Å². The molecule has 9 nitrogen and oxygen atoms in total. The molecule has 0 aromatic carbocycles. The maximum absolute atomic E-state index is 12.5. The molecule has 1 aliphatic rings. The molecule has 0 unspecified atom stereocenters. The molecule has 0 saturated carbocycles. The zero-order valence-electron chi connectivity index (χ0n) is 19.5. The predicted molar refractivity (Wildman–Crippen MR) is 123 cm³/mol. The Hall–Kier alpha value is -2.99. The molecule has 3 aromatic rings. The van der Waals surface area contributed by atoms with Crippen LogP contribution in [-0.4, -0.2) is 69.8 Å². The lowest BCUT2D eigenvalue weighted by Crippen LogP contribution is -2.51. The fourth-order valence-corrected chi connectivity index (χ4v) is 3.89. The molecule has 0 aliphatic carbocycles. The lowest BCUT2D eigenvalue weighted by Gasteiger charge is -2.33. The lowest BCUT2D eigenvalue weighted by molar-refractivity contribution is -0.174. The lowest BCUT2D eigenvalue weighted by atomic mass is 10.1. The van der Waals surface area contributed by atoms with Crippen molar-refractivity contribution in [2.75, 3.05) is 43.1 Å². The van der Waals surface area contributed by atoms with Gasteiger partial charge in [0.2, 0.25) is 5.95 Å². The van der Waals surface area contributed by atoms with Gasteiger partial charge in [-0.05, 0) is 31.9 Å². The summed E-state index contributed by atoms with van der Waals surface area (Å²) in [6, 6.07) is 4.13. The number of hydrogen-bond acceptors (Lipinski definition) is 8. The van der Waals surface area contributed by atoms with E-state index in [9.17, 15) is 13.2 Å². The smallest absolute Gasteiger partial charge is 0.370 e. The quantitative estimate of drug-likeness (QED) is 0.476. The van der Waals surface area contributed by atoms with E-state index in [1.54, 1.807) is 10.9 Å². The topological polar surface area (TPSA) is 93.0 Å². The molecule has 0 bridgehead atoms. The Bertz CT molecular complexity index is 1120. The van der Waals surface area contributed by atoms with Crippen LogP contribution in [0, 0.1) is 13.8 Å². The second kappa shape index (κ2) is 10.1. The molecule has 4 heterocycles. The molecule has 1 aliphatic heterocycles. The van der Waals surface area contributed by atoms with Crippen LogP contribution in [-0.2, 0) is 11.3 Å². The van der Waals surface area contributed by atoms with Gasteiger partial charge in [-0.3, -0.25) is 4.68 Å². The first-order valence-electron chi connectivity index (χ1n) is 11.3. The Balaban J connectivity index is 1.69. The van der Waals surface area contributed by atoms with Crippen LogP contribution >= 0.6 is 0 Å². The third-order valence-corrected chi connectivity index (χ3v) is 5.65. The summed E-state index contributed by atoms with van der Waals surface area (Å²) in [5.41, 5.74) is 2.92. The van der Waals surface area contributed by atoms with E-state index < -0.39 is 12.8 Å². The molecule has 1 saturated heterocycles. The maximum atomic E-state index is 12.5. The Morgan fingerprint density at radius 3 is 2.76 bits per heavy atom. The molecule has 2 N–H and O–H groups in total. The zero-order chi connectivity index (χ0) is 24.3. The highest BCUT2D eigenvalue weighted by atomic mass is 19.4. The van der Waals surface area contributed by atoms with Gasteiger partial charge in [-0.25, -0.2) is 9.97 Å². The number of nitrogens with zero attached hydrogens (tertiary/aromatic N) is 6. The van der Waals surface area contributed by atoms with Gasteiger partial charge in [0.25, 0.3) is 0 Å². The minimum Gasteiger partial charge on any atom is -0.370 e. The van der Waals surface area contributed by atoms with E-state index in [0.717, 1.165) is 31.6 Å². The largest absolute Gasteiger partial charge is 0.411 e. The molecule has 3 aromatic heterocycles. The molecule has 184 valence electrons. The zero-order valence-corrected chi connectivity index (χ0v) is 19.5. The van der Waals surface area contributed by atoms with Gasteiger partial charge in [0.15, 0.2) is 5.82 Å². The minimum absolute atomic E-state index is 0.130. The number of ether oxygens (including phenoxy) is 1. The van der Waals surface area contributed by atoms with Crippen LogP contribution in [0.25, 0.3) is 11.0 Å². The average Bonchev–Trinajstić information content (AvgIpc) is 3.13. The number of piperazine rings is 1. The summed E-state index contributed by atoms with van der Waals surface area (Å²) < 4.78 is 43.8. The number of aryl methyl sites for hydroxylation is 2. The highest BCUT2D eigenvalue weighted by molar-refractivity contribution is 5.90. The van der Waals surface area contributed by atoms with E-state index in [0.29, 0.717) is 40.4 Å². The van der Waals surface area contributed by atoms with Gasteiger partial charge in [0.1, 0.15) is 23.5 Å². The highest BCUT2D eigenvalue weighted by Gasteiger charge is 2.28. The summed E-state index contributed by atoms with van der Waals surface area (Å²) in [6.07, 6.45) is -1.63. The molecule has 4 rings (SSSR count). The number of aromatic nitrogens is 5. The van der Waals surface area contributed by atoms with E-state index in [1.165, 1.54) is 0 Å². The van der Waals surface area contributed by atoms with Crippen molar-refractivity contribution in [2.24, 2.45) is 0 Å². The summed E-state index contributed by atoms with van der Waals surface area (Å²) in [4.78, 5) is 16.2. The Morgan fingerprint density at radius 2 is 2.06 bits per heavy atom. The van der Waals surface area contributed by atoms with Crippen LogP contribution in [0.2, 0.25) is 0 Å². The molecule has 1 fully saturated rings. The molecule has 0 radical (unpaired) electrons. The molecule has 34 heavy (non-hydrogen) atoms. The van der Waals surface area contributed by atoms with Crippen LogP contribution in [0.4, 0.5) is 30.8 Å². The molecule has 12 heteroatoms. The van der Waals surface area contributed by atoms with Gasteiger partial charge < -0.3 is 20.3 Å². The fourth-order valence-electron chi connectivity index (χ4n) is 3.89. The first-order chi connectivity index (χ1) is 16.2. The second-order valence-corrected chi connectivity index (χ2v) is 8.40. The number of fused-ring (bicyclic) bond motifs is 1. The Labute approximate surface area is 195 Å². The first-order valence-corrected chi connectivity index (χ1v) is 11.3. The Morgan fingerprint density at radius 1 is 1.24 bits per heavy atom. The number of rotatable bonds is 8. The van der Waals surface area contributed by atoms with Crippen molar-refractivity contribution in [1.29, 1.82) is 0 Å². The van der Waals surface area contributed by atoms with Gasteiger partial charge in [0, 0.05) is 31.9 Å². The van der Waals surface area contributed by atoms with Crippen molar-refractivity contribution in [3.05, 3.63) is 29.6 Å². The van der Waals surface area contributed by atoms with Crippen molar-refractivity contribution in [1.82, 2.24) is 30.0 Å². The third kappa shape index (κ3) is 5.73. The normalized spacial score (nSPS) is 16.9. The van der Waals surface area contributed by atoms with Crippen molar-refractivity contribution in [2.45, 2.75) is 46.0 Å². The van der Waals surface area contributed by atoms with E-state index in [2.05, 4.69) is 32.5 Å². The van der Waals surface area contributed by atoms with Crippen LogP contribution in [0.15, 0.2) is 18.3 Å². The van der Waals surface area contributed by atoms with Crippen molar-refractivity contribution in [3.8, 4) is 0 Å². The first kappa shape index (κ1) is 24.1. The van der Waals surface area contributed by atoms with Gasteiger partial charge >= 0.3 is 6.18 Å². The summed E-state index contributed by atoms with van der Waals surface area (Å²) >= 11 is 0. The molecular formula is C22H29F3N8O. The number of alkyl halides is 3. The summed E-state index contributed by atoms with van der Waals surface area (Å²) in [5.74, 6) is 1.68. The maximum Gasteiger partial charge on any atom is 0.411 e. The number of anilines is 3. The van der Waals surface area contributed by atoms with Crippen molar-refractivity contribution >= 4 is 28.6 Å². The molecular weight excluding hydrogens is 449 g/mol. The monoisotopic (exact) mass is 478 g/mol. The van der Waals surface area contributed by atoms with Crippen LogP contribution in [0.5, 0.6) is 0 Å². The standard InChI is InChI=1S/C22H29F3N8O/c1-4-16-12-32(8-7-26-16)21-29-18-15(3)31-33(9-10-34-13-22(23,24)25)19(18)20(30-21)28-17-6-5-14(2)11-27-17/h5-6,11,16,26H,4,7-10,12-13H2,1-3H3,(H,27,28,29,30)/t16-/m0/s1. The van der Waals surface area contributed by atoms with Gasteiger partial charge in [-0.15, -0.1) is 0 Å². The average molecular weight is 479 g/mol. The van der Waals surface area contributed by atoms with Gasteiger partial charge in [-0.2, -0.15) is 23.3 Å².